The maximum atomic E-state index is 5.87. The Hall–Kier alpha value is -0.380. The Morgan fingerprint density at radius 2 is 1.29 bits per heavy atom. The lowest BCUT2D eigenvalue weighted by molar-refractivity contribution is -0.147. The van der Waals surface area contributed by atoms with E-state index in [0.29, 0.717) is 0 Å². The van der Waals surface area contributed by atoms with Crippen LogP contribution in [0.4, 0.5) is 0 Å². The summed E-state index contributed by atoms with van der Waals surface area (Å²) in [5.74, 6) is 0. The second kappa shape index (κ2) is 20.7. The minimum atomic E-state index is 0.00519. The average molecular weight is 343 g/mol. The van der Waals surface area contributed by atoms with E-state index in [1.165, 1.54) is 38.5 Å². The SMILES string of the molecule is CCCCOCC=CCCCCCC(OCCCC)OCCCC. The van der Waals surface area contributed by atoms with Gasteiger partial charge in [0.15, 0.2) is 6.29 Å². The van der Waals surface area contributed by atoms with Crippen LogP contribution in [0.2, 0.25) is 0 Å². The largest absolute Gasteiger partial charge is 0.377 e. The van der Waals surface area contributed by atoms with E-state index in [0.717, 1.165) is 58.5 Å². The zero-order valence-electron chi connectivity index (χ0n) is 16.6. The van der Waals surface area contributed by atoms with Crippen LogP contribution in [0.5, 0.6) is 0 Å². The molecule has 0 spiro atoms. The molecule has 24 heavy (non-hydrogen) atoms. The summed E-state index contributed by atoms with van der Waals surface area (Å²) >= 11 is 0. The summed E-state index contributed by atoms with van der Waals surface area (Å²) in [6.07, 6.45) is 17.2. The Morgan fingerprint density at radius 3 is 1.92 bits per heavy atom. The third-order valence-corrected chi connectivity index (χ3v) is 3.94. The van der Waals surface area contributed by atoms with Crippen LogP contribution in [-0.4, -0.2) is 32.7 Å². The van der Waals surface area contributed by atoms with Gasteiger partial charge in [-0.2, -0.15) is 0 Å². The van der Waals surface area contributed by atoms with Crippen molar-refractivity contribution in [2.24, 2.45) is 0 Å². The number of allylic oxidation sites excluding steroid dienone is 1. The summed E-state index contributed by atoms with van der Waals surface area (Å²) in [5, 5.41) is 0. The van der Waals surface area contributed by atoms with Gasteiger partial charge in [0.05, 0.1) is 6.61 Å². The van der Waals surface area contributed by atoms with Crippen molar-refractivity contribution in [3.8, 4) is 0 Å². The predicted molar refractivity (Wildman–Crippen MR) is 103 cm³/mol. The second-order valence-electron chi connectivity index (χ2n) is 6.42. The van der Waals surface area contributed by atoms with Gasteiger partial charge in [-0.1, -0.05) is 58.6 Å². The van der Waals surface area contributed by atoms with Gasteiger partial charge in [-0.3, -0.25) is 0 Å². The molecule has 0 fully saturated rings. The van der Waals surface area contributed by atoms with Gasteiger partial charge in [0.25, 0.3) is 0 Å². The van der Waals surface area contributed by atoms with Crippen LogP contribution in [-0.2, 0) is 14.2 Å². The van der Waals surface area contributed by atoms with Crippen molar-refractivity contribution < 1.29 is 14.2 Å². The lowest BCUT2D eigenvalue weighted by atomic mass is 10.1. The molecule has 0 atom stereocenters. The van der Waals surface area contributed by atoms with Crippen LogP contribution in [0, 0.1) is 0 Å². The van der Waals surface area contributed by atoms with Crippen LogP contribution in [0.25, 0.3) is 0 Å². The van der Waals surface area contributed by atoms with Gasteiger partial charge >= 0.3 is 0 Å². The molecule has 0 heterocycles. The summed E-state index contributed by atoms with van der Waals surface area (Å²) in [6, 6.07) is 0. The lowest BCUT2D eigenvalue weighted by Crippen LogP contribution is -2.18. The van der Waals surface area contributed by atoms with Crippen LogP contribution in [0.1, 0.15) is 91.4 Å². The molecule has 0 radical (unpaired) electrons. The van der Waals surface area contributed by atoms with Crippen LogP contribution in [0.3, 0.4) is 0 Å². The fourth-order valence-electron chi connectivity index (χ4n) is 2.27. The van der Waals surface area contributed by atoms with E-state index in [1.54, 1.807) is 0 Å². The van der Waals surface area contributed by atoms with Gasteiger partial charge in [0.1, 0.15) is 0 Å². The topological polar surface area (TPSA) is 27.7 Å². The van der Waals surface area contributed by atoms with Gasteiger partial charge in [-0.15, -0.1) is 0 Å². The molecule has 3 nitrogen and oxygen atoms in total. The van der Waals surface area contributed by atoms with E-state index in [4.69, 9.17) is 14.2 Å². The highest BCUT2D eigenvalue weighted by Gasteiger charge is 2.08. The van der Waals surface area contributed by atoms with Crippen molar-refractivity contribution in [3.63, 3.8) is 0 Å². The number of hydrogen-bond acceptors (Lipinski definition) is 3. The number of ether oxygens (including phenoxy) is 3. The molecule has 0 saturated heterocycles. The van der Waals surface area contributed by atoms with E-state index in [9.17, 15) is 0 Å². The van der Waals surface area contributed by atoms with Crippen molar-refractivity contribution in [1.82, 2.24) is 0 Å². The van der Waals surface area contributed by atoms with Gasteiger partial charge in [0, 0.05) is 19.8 Å². The van der Waals surface area contributed by atoms with E-state index < -0.39 is 0 Å². The minimum Gasteiger partial charge on any atom is -0.377 e. The van der Waals surface area contributed by atoms with Crippen LogP contribution < -0.4 is 0 Å². The van der Waals surface area contributed by atoms with Crippen LogP contribution >= 0.6 is 0 Å². The smallest absolute Gasteiger partial charge is 0.157 e. The van der Waals surface area contributed by atoms with Crippen molar-refractivity contribution in [2.75, 3.05) is 26.4 Å². The highest BCUT2D eigenvalue weighted by atomic mass is 16.7. The average Bonchev–Trinajstić information content (AvgIpc) is 2.59. The Morgan fingerprint density at radius 1 is 0.667 bits per heavy atom. The van der Waals surface area contributed by atoms with Gasteiger partial charge < -0.3 is 14.2 Å². The van der Waals surface area contributed by atoms with E-state index in [1.807, 2.05) is 0 Å². The first-order valence-corrected chi connectivity index (χ1v) is 10.3. The Bertz CT molecular complexity index is 243. The molecule has 0 bridgehead atoms. The molecule has 0 aliphatic carbocycles. The summed E-state index contributed by atoms with van der Waals surface area (Å²) in [5.41, 5.74) is 0. The molecule has 0 aromatic heterocycles. The zero-order chi connectivity index (χ0) is 17.7. The predicted octanol–water partition coefficient (Wildman–Crippen LogP) is 6.27. The van der Waals surface area contributed by atoms with Crippen LogP contribution in [0.15, 0.2) is 12.2 Å². The fourth-order valence-corrected chi connectivity index (χ4v) is 2.27. The Kier molecular flexibility index (Phi) is 20.3. The number of rotatable bonds is 19. The third kappa shape index (κ3) is 18.0. The Balaban J connectivity index is 3.57. The molecule has 144 valence electrons. The maximum absolute atomic E-state index is 5.87. The van der Waals surface area contributed by atoms with E-state index in [-0.39, 0.29) is 6.29 Å². The molecular weight excluding hydrogens is 300 g/mol. The maximum Gasteiger partial charge on any atom is 0.157 e. The molecule has 0 aliphatic rings. The van der Waals surface area contributed by atoms with Gasteiger partial charge in [-0.25, -0.2) is 0 Å². The molecule has 0 amide bonds. The van der Waals surface area contributed by atoms with E-state index >= 15 is 0 Å². The van der Waals surface area contributed by atoms with Crippen molar-refractivity contribution in [3.05, 3.63) is 12.2 Å². The molecular formula is C21H42O3. The normalized spacial score (nSPS) is 11.8. The Labute approximate surface area is 151 Å². The molecule has 3 heteroatoms. The first kappa shape index (κ1) is 23.6. The number of hydrogen-bond donors (Lipinski definition) is 0. The molecule has 0 aromatic carbocycles. The first-order chi connectivity index (χ1) is 11.8. The summed E-state index contributed by atoms with van der Waals surface area (Å²) in [7, 11) is 0. The van der Waals surface area contributed by atoms with Crippen molar-refractivity contribution in [2.45, 2.75) is 97.7 Å². The molecule has 0 N–H and O–H groups in total. The molecule has 0 saturated carbocycles. The molecule has 0 aromatic rings. The zero-order valence-corrected chi connectivity index (χ0v) is 16.6. The lowest BCUT2D eigenvalue weighted by Gasteiger charge is -2.18. The van der Waals surface area contributed by atoms with Crippen molar-refractivity contribution >= 4 is 0 Å². The quantitative estimate of drug-likeness (QED) is 0.157. The van der Waals surface area contributed by atoms with Gasteiger partial charge in [0.2, 0.25) is 0 Å². The van der Waals surface area contributed by atoms with E-state index in [2.05, 4.69) is 32.9 Å². The first-order valence-electron chi connectivity index (χ1n) is 10.3. The third-order valence-electron chi connectivity index (χ3n) is 3.94. The van der Waals surface area contributed by atoms with Crippen molar-refractivity contribution in [1.29, 1.82) is 0 Å². The molecule has 0 aliphatic heterocycles. The monoisotopic (exact) mass is 342 g/mol. The molecule has 0 unspecified atom stereocenters. The highest BCUT2D eigenvalue weighted by Crippen LogP contribution is 2.11. The standard InChI is InChI=1S/C21H42O3/c1-4-7-17-22-18-15-13-11-10-12-14-16-21(23-19-8-5-2)24-20-9-6-3/h13,15,21H,4-12,14,16-20H2,1-3H3. The minimum absolute atomic E-state index is 0.00519. The van der Waals surface area contributed by atoms with Gasteiger partial charge in [-0.05, 0) is 44.9 Å². The molecule has 0 rings (SSSR count). The summed E-state index contributed by atoms with van der Waals surface area (Å²) in [4.78, 5) is 0. The number of unbranched alkanes of at least 4 members (excludes halogenated alkanes) is 6. The summed E-state index contributed by atoms with van der Waals surface area (Å²) < 4.78 is 17.2. The summed E-state index contributed by atoms with van der Waals surface area (Å²) in [6.45, 7) is 9.88. The highest BCUT2D eigenvalue weighted by molar-refractivity contribution is 4.81. The fraction of sp³-hybridized carbons (Fsp3) is 0.905. The second-order valence-corrected chi connectivity index (χ2v) is 6.42.